The van der Waals surface area contributed by atoms with Gasteiger partial charge in [-0.25, -0.2) is 0 Å². The molecule has 108 valence electrons. The molecule has 0 unspecified atom stereocenters. The minimum atomic E-state index is 0. The highest BCUT2D eigenvalue weighted by atomic mass is 127. The fourth-order valence-corrected chi connectivity index (χ4v) is 2.19. The summed E-state index contributed by atoms with van der Waals surface area (Å²) in [6.07, 6.45) is 7.86. The van der Waals surface area contributed by atoms with Gasteiger partial charge in [0.15, 0.2) is 5.96 Å². The lowest BCUT2D eigenvalue weighted by Crippen LogP contribution is -2.44. The molecule has 0 atom stereocenters. The zero-order valence-corrected chi connectivity index (χ0v) is 14.7. The van der Waals surface area contributed by atoms with E-state index in [1.54, 1.807) is 0 Å². The molecular weight excluding hydrogens is 337 g/mol. The molecular formula is C14H30IN3. The first-order valence-electron chi connectivity index (χ1n) is 6.98. The highest BCUT2D eigenvalue weighted by molar-refractivity contribution is 14.0. The van der Waals surface area contributed by atoms with Gasteiger partial charge in [0.25, 0.3) is 0 Å². The summed E-state index contributed by atoms with van der Waals surface area (Å²) in [5, 5.41) is 6.94. The van der Waals surface area contributed by atoms with Crippen LogP contribution in [-0.4, -0.2) is 25.6 Å². The van der Waals surface area contributed by atoms with E-state index in [9.17, 15) is 0 Å². The number of nitrogens with one attached hydrogen (secondary N) is 2. The second kappa shape index (κ2) is 8.99. The molecule has 1 fully saturated rings. The van der Waals surface area contributed by atoms with Crippen LogP contribution in [0.25, 0.3) is 0 Å². The van der Waals surface area contributed by atoms with Gasteiger partial charge in [0.2, 0.25) is 0 Å². The number of nitrogens with zero attached hydrogens (tertiary/aromatic N) is 1. The molecule has 0 saturated heterocycles. The van der Waals surface area contributed by atoms with Crippen molar-refractivity contribution in [1.82, 2.24) is 10.6 Å². The number of hydrogen-bond donors (Lipinski definition) is 2. The Morgan fingerprint density at radius 1 is 1.17 bits per heavy atom. The molecule has 0 heterocycles. The summed E-state index contributed by atoms with van der Waals surface area (Å²) in [7, 11) is 1.86. The van der Waals surface area contributed by atoms with Crippen LogP contribution in [0.1, 0.15) is 59.3 Å². The van der Waals surface area contributed by atoms with Crippen LogP contribution in [0.5, 0.6) is 0 Å². The Kier molecular flexibility index (Phi) is 8.99. The average molecular weight is 367 g/mol. The van der Waals surface area contributed by atoms with Crippen LogP contribution >= 0.6 is 24.0 Å². The Balaban J connectivity index is 0.00000289. The van der Waals surface area contributed by atoms with Crippen molar-refractivity contribution < 1.29 is 0 Å². The topological polar surface area (TPSA) is 36.4 Å². The number of guanidine groups is 1. The predicted octanol–water partition coefficient (Wildman–Crippen LogP) is 3.54. The molecule has 3 nitrogen and oxygen atoms in total. The molecule has 0 amide bonds. The van der Waals surface area contributed by atoms with E-state index in [1.807, 2.05) is 7.05 Å². The Hall–Kier alpha value is 0. The summed E-state index contributed by atoms with van der Waals surface area (Å²) in [5.41, 5.74) is 0.386. The lowest BCUT2D eigenvalue weighted by Gasteiger charge is -2.25. The zero-order valence-electron chi connectivity index (χ0n) is 12.4. The number of hydrogen-bond acceptors (Lipinski definition) is 1. The summed E-state index contributed by atoms with van der Waals surface area (Å²) in [4.78, 5) is 4.30. The number of rotatable bonds is 3. The molecule has 0 spiro atoms. The lowest BCUT2D eigenvalue weighted by molar-refractivity contribution is 0.374. The smallest absolute Gasteiger partial charge is 0.191 e. The van der Waals surface area contributed by atoms with Gasteiger partial charge in [0.05, 0.1) is 0 Å². The van der Waals surface area contributed by atoms with E-state index in [0.29, 0.717) is 11.5 Å². The van der Waals surface area contributed by atoms with Gasteiger partial charge in [-0.15, -0.1) is 24.0 Å². The molecule has 2 N–H and O–H groups in total. The van der Waals surface area contributed by atoms with Gasteiger partial charge in [0, 0.05) is 19.6 Å². The third-order valence-electron chi connectivity index (χ3n) is 3.34. The predicted molar refractivity (Wildman–Crippen MR) is 90.9 cm³/mol. The van der Waals surface area contributed by atoms with Crippen molar-refractivity contribution in [2.24, 2.45) is 10.4 Å². The lowest BCUT2D eigenvalue weighted by atomic mass is 9.92. The van der Waals surface area contributed by atoms with Crippen LogP contribution in [0.3, 0.4) is 0 Å². The normalized spacial score (nSPS) is 18.1. The van der Waals surface area contributed by atoms with Crippen LogP contribution in [0.2, 0.25) is 0 Å². The Morgan fingerprint density at radius 2 is 1.78 bits per heavy atom. The maximum atomic E-state index is 4.30. The summed E-state index contributed by atoms with van der Waals surface area (Å²) in [6, 6.07) is 0.629. The van der Waals surface area contributed by atoms with Crippen LogP contribution in [0.4, 0.5) is 0 Å². The van der Waals surface area contributed by atoms with Crippen molar-refractivity contribution in [3.63, 3.8) is 0 Å². The molecule has 0 aromatic rings. The highest BCUT2D eigenvalue weighted by Gasteiger charge is 2.15. The third kappa shape index (κ3) is 8.16. The third-order valence-corrected chi connectivity index (χ3v) is 3.34. The van der Waals surface area contributed by atoms with E-state index >= 15 is 0 Å². The van der Waals surface area contributed by atoms with Gasteiger partial charge in [0.1, 0.15) is 0 Å². The minimum absolute atomic E-state index is 0. The second-order valence-electron chi connectivity index (χ2n) is 6.29. The molecule has 18 heavy (non-hydrogen) atoms. The maximum Gasteiger partial charge on any atom is 0.191 e. The van der Waals surface area contributed by atoms with Gasteiger partial charge >= 0.3 is 0 Å². The SMILES string of the molecule is CN=C(NCCC(C)(C)C)NC1CCCCC1.I. The van der Waals surface area contributed by atoms with Crippen LogP contribution in [-0.2, 0) is 0 Å². The Labute approximate surface area is 130 Å². The fraction of sp³-hybridized carbons (Fsp3) is 0.929. The van der Waals surface area contributed by atoms with Gasteiger partial charge in [-0.3, -0.25) is 4.99 Å². The van der Waals surface area contributed by atoms with E-state index in [4.69, 9.17) is 0 Å². The highest BCUT2D eigenvalue weighted by Crippen LogP contribution is 2.18. The molecule has 0 aromatic carbocycles. The molecule has 1 aliphatic rings. The van der Waals surface area contributed by atoms with Crippen molar-refractivity contribution in [3.05, 3.63) is 0 Å². The maximum absolute atomic E-state index is 4.30. The second-order valence-corrected chi connectivity index (χ2v) is 6.29. The summed E-state index contributed by atoms with van der Waals surface area (Å²) in [6.45, 7) is 7.81. The Morgan fingerprint density at radius 3 is 2.28 bits per heavy atom. The van der Waals surface area contributed by atoms with E-state index in [-0.39, 0.29) is 24.0 Å². The average Bonchev–Trinajstić information content (AvgIpc) is 2.27. The summed E-state index contributed by atoms with van der Waals surface area (Å²) >= 11 is 0. The zero-order chi connectivity index (χ0) is 12.7. The number of aliphatic imine (C=N–C) groups is 1. The summed E-state index contributed by atoms with van der Waals surface area (Å²) in [5.74, 6) is 0.973. The molecule has 1 rings (SSSR count). The fourth-order valence-electron chi connectivity index (χ4n) is 2.19. The summed E-state index contributed by atoms with van der Waals surface area (Å²) < 4.78 is 0. The van der Waals surface area contributed by atoms with E-state index < -0.39 is 0 Å². The van der Waals surface area contributed by atoms with Crippen molar-refractivity contribution in [2.45, 2.75) is 65.3 Å². The molecule has 1 saturated carbocycles. The molecule has 1 aliphatic carbocycles. The van der Waals surface area contributed by atoms with Crippen LogP contribution < -0.4 is 10.6 Å². The molecule has 0 aliphatic heterocycles. The first kappa shape index (κ1) is 18.0. The van der Waals surface area contributed by atoms with Gasteiger partial charge in [-0.05, 0) is 24.7 Å². The minimum Gasteiger partial charge on any atom is -0.356 e. The molecule has 0 aromatic heterocycles. The van der Waals surface area contributed by atoms with Crippen molar-refractivity contribution >= 4 is 29.9 Å². The molecule has 4 heteroatoms. The van der Waals surface area contributed by atoms with E-state index in [0.717, 1.165) is 12.5 Å². The van der Waals surface area contributed by atoms with E-state index in [1.165, 1.54) is 38.5 Å². The first-order chi connectivity index (χ1) is 8.01. The number of halogens is 1. The van der Waals surface area contributed by atoms with Crippen molar-refractivity contribution in [2.75, 3.05) is 13.6 Å². The van der Waals surface area contributed by atoms with Crippen molar-refractivity contribution in [3.8, 4) is 0 Å². The molecule has 0 radical (unpaired) electrons. The largest absolute Gasteiger partial charge is 0.356 e. The Bertz CT molecular complexity index is 240. The van der Waals surface area contributed by atoms with Gasteiger partial charge in [-0.2, -0.15) is 0 Å². The van der Waals surface area contributed by atoms with Crippen LogP contribution in [0, 0.1) is 5.41 Å². The monoisotopic (exact) mass is 367 g/mol. The molecule has 0 bridgehead atoms. The van der Waals surface area contributed by atoms with Gasteiger partial charge in [-0.1, -0.05) is 40.0 Å². The van der Waals surface area contributed by atoms with Gasteiger partial charge < -0.3 is 10.6 Å². The quantitative estimate of drug-likeness (QED) is 0.455. The first-order valence-corrected chi connectivity index (χ1v) is 6.98. The standard InChI is InChI=1S/C14H29N3.HI/c1-14(2,3)10-11-16-13(15-4)17-12-8-6-5-7-9-12;/h12H,5-11H2,1-4H3,(H2,15,16,17);1H. The van der Waals surface area contributed by atoms with Crippen molar-refractivity contribution in [1.29, 1.82) is 0 Å². The van der Waals surface area contributed by atoms with E-state index in [2.05, 4.69) is 36.4 Å². The van der Waals surface area contributed by atoms with Crippen LogP contribution in [0.15, 0.2) is 4.99 Å².